The first-order valence-corrected chi connectivity index (χ1v) is 10.6. The van der Waals surface area contributed by atoms with Crippen LogP contribution in [0.5, 0.6) is 0 Å². The third-order valence-corrected chi connectivity index (χ3v) is 7.16. The molecule has 1 aromatic heterocycles. The predicted molar refractivity (Wildman–Crippen MR) is 106 cm³/mol. The normalized spacial score (nSPS) is 18.0. The van der Waals surface area contributed by atoms with Crippen LogP contribution in [-0.4, -0.2) is 41.1 Å². The maximum atomic E-state index is 13.3. The van der Waals surface area contributed by atoms with E-state index in [9.17, 15) is 18.0 Å². The SMILES string of the molecule is Cc1ccc(C)c(C(=O)C2CCCN2S(=O)(=O)c2ccc3[nH]c(=O)[nH]c3c2)c1. The molecule has 3 aromatic rings. The van der Waals surface area contributed by atoms with E-state index in [0.717, 1.165) is 11.1 Å². The Hall–Kier alpha value is -2.71. The lowest BCUT2D eigenvalue weighted by molar-refractivity contribution is 0.0917. The van der Waals surface area contributed by atoms with E-state index in [1.165, 1.54) is 16.4 Å². The number of benzene rings is 2. The monoisotopic (exact) mass is 399 g/mol. The zero-order chi connectivity index (χ0) is 20.1. The number of hydrogen-bond donors (Lipinski definition) is 2. The molecule has 1 aliphatic heterocycles. The molecule has 2 N–H and O–H groups in total. The molecule has 1 unspecified atom stereocenters. The Kier molecular flexibility index (Phi) is 4.47. The smallest absolute Gasteiger partial charge is 0.306 e. The molecule has 146 valence electrons. The summed E-state index contributed by atoms with van der Waals surface area (Å²) in [6, 6.07) is 9.36. The van der Waals surface area contributed by atoms with E-state index >= 15 is 0 Å². The Morgan fingerprint density at radius 1 is 1.07 bits per heavy atom. The number of nitrogens with one attached hydrogen (secondary N) is 2. The van der Waals surface area contributed by atoms with Crippen LogP contribution in [0, 0.1) is 13.8 Å². The lowest BCUT2D eigenvalue weighted by Gasteiger charge is -2.24. The summed E-state index contributed by atoms with van der Waals surface area (Å²) in [6.07, 6.45) is 1.12. The quantitative estimate of drug-likeness (QED) is 0.658. The number of hydrogen-bond acceptors (Lipinski definition) is 4. The molecule has 0 spiro atoms. The van der Waals surface area contributed by atoms with Gasteiger partial charge in [-0.3, -0.25) is 4.79 Å². The summed E-state index contributed by atoms with van der Waals surface area (Å²) in [5.74, 6) is -0.168. The summed E-state index contributed by atoms with van der Waals surface area (Å²) in [6.45, 7) is 4.06. The van der Waals surface area contributed by atoms with Crippen molar-refractivity contribution < 1.29 is 13.2 Å². The lowest BCUT2D eigenvalue weighted by atomic mass is 9.97. The second kappa shape index (κ2) is 6.72. The number of aryl methyl sites for hydroxylation is 2. The molecule has 1 aliphatic rings. The minimum absolute atomic E-state index is 0.0657. The summed E-state index contributed by atoms with van der Waals surface area (Å²) in [7, 11) is -3.87. The Labute approximate surface area is 162 Å². The first-order valence-electron chi connectivity index (χ1n) is 9.13. The Bertz CT molecular complexity index is 1240. The number of rotatable bonds is 4. The fourth-order valence-electron chi connectivity index (χ4n) is 3.78. The zero-order valence-electron chi connectivity index (χ0n) is 15.7. The minimum Gasteiger partial charge on any atom is -0.306 e. The number of H-pyrrole nitrogens is 2. The molecule has 4 rings (SSSR count). The summed E-state index contributed by atoms with van der Waals surface area (Å²) in [5, 5.41) is 0. The second-order valence-corrected chi connectivity index (χ2v) is 9.13. The van der Waals surface area contributed by atoms with Crippen molar-refractivity contribution in [3.05, 3.63) is 63.6 Å². The van der Waals surface area contributed by atoms with Crippen LogP contribution >= 0.6 is 0 Å². The van der Waals surface area contributed by atoms with E-state index in [1.54, 1.807) is 6.07 Å². The maximum Gasteiger partial charge on any atom is 0.323 e. The number of carbonyl (C=O) groups is 1. The van der Waals surface area contributed by atoms with Crippen molar-refractivity contribution in [2.45, 2.75) is 37.6 Å². The predicted octanol–water partition coefficient (Wildman–Crippen LogP) is 2.51. The molecule has 2 aromatic carbocycles. The summed E-state index contributed by atoms with van der Waals surface area (Å²) < 4.78 is 27.8. The van der Waals surface area contributed by atoms with Crippen molar-refractivity contribution in [3.8, 4) is 0 Å². The van der Waals surface area contributed by atoms with E-state index in [0.29, 0.717) is 36.0 Å². The van der Waals surface area contributed by atoms with Gasteiger partial charge in [0.2, 0.25) is 10.0 Å². The highest BCUT2D eigenvalue weighted by Gasteiger charge is 2.40. The van der Waals surface area contributed by atoms with Crippen molar-refractivity contribution in [2.75, 3.05) is 6.54 Å². The zero-order valence-corrected chi connectivity index (χ0v) is 16.5. The molecule has 28 heavy (non-hydrogen) atoms. The van der Waals surface area contributed by atoms with Gasteiger partial charge >= 0.3 is 5.69 Å². The van der Waals surface area contributed by atoms with Gasteiger partial charge in [0.15, 0.2) is 5.78 Å². The van der Waals surface area contributed by atoms with Crippen LogP contribution in [0.4, 0.5) is 0 Å². The number of fused-ring (bicyclic) bond motifs is 1. The van der Waals surface area contributed by atoms with Crippen molar-refractivity contribution >= 4 is 26.8 Å². The van der Waals surface area contributed by atoms with Crippen LogP contribution in [0.15, 0.2) is 46.1 Å². The van der Waals surface area contributed by atoms with E-state index in [4.69, 9.17) is 0 Å². The molecule has 0 radical (unpaired) electrons. The van der Waals surface area contributed by atoms with Crippen molar-refractivity contribution in [1.29, 1.82) is 0 Å². The van der Waals surface area contributed by atoms with E-state index in [2.05, 4.69) is 9.97 Å². The molecule has 0 bridgehead atoms. The van der Waals surface area contributed by atoms with Crippen LogP contribution in [-0.2, 0) is 10.0 Å². The Morgan fingerprint density at radius 2 is 1.82 bits per heavy atom. The number of nitrogens with zero attached hydrogens (tertiary/aromatic N) is 1. The summed E-state index contributed by atoms with van der Waals surface area (Å²) in [5.41, 5.74) is 2.93. The third-order valence-electron chi connectivity index (χ3n) is 5.26. The van der Waals surface area contributed by atoms with Crippen LogP contribution in [0.3, 0.4) is 0 Å². The highest BCUT2D eigenvalue weighted by atomic mass is 32.2. The van der Waals surface area contributed by atoms with Gasteiger partial charge in [0.1, 0.15) is 0 Å². The van der Waals surface area contributed by atoms with Crippen molar-refractivity contribution in [2.24, 2.45) is 0 Å². The first-order chi connectivity index (χ1) is 13.3. The topological polar surface area (TPSA) is 103 Å². The van der Waals surface area contributed by atoms with E-state index in [-0.39, 0.29) is 10.7 Å². The van der Waals surface area contributed by atoms with Gasteiger partial charge in [0.05, 0.1) is 22.0 Å². The number of carbonyl (C=O) groups excluding carboxylic acids is 1. The van der Waals surface area contributed by atoms with Gasteiger partial charge in [0, 0.05) is 12.1 Å². The van der Waals surface area contributed by atoms with Gasteiger partial charge in [-0.15, -0.1) is 0 Å². The van der Waals surface area contributed by atoms with Gasteiger partial charge in [-0.05, 0) is 56.5 Å². The van der Waals surface area contributed by atoms with Gasteiger partial charge in [-0.25, -0.2) is 13.2 Å². The standard InChI is InChI=1S/C20H21N3O4S/c1-12-5-6-13(2)15(10-12)19(24)18-4-3-9-23(18)28(26,27)14-7-8-16-17(11-14)22-20(25)21-16/h5-8,10-11,18H,3-4,9H2,1-2H3,(H2,21,22,25). The molecule has 0 aliphatic carbocycles. The highest BCUT2D eigenvalue weighted by Crippen LogP contribution is 2.30. The van der Waals surface area contributed by atoms with Crippen molar-refractivity contribution in [1.82, 2.24) is 14.3 Å². The van der Waals surface area contributed by atoms with Crippen molar-refractivity contribution in [3.63, 3.8) is 0 Å². The maximum absolute atomic E-state index is 13.3. The molecule has 0 amide bonds. The molecule has 1 saturated heterocycles. The van der Waals surface area contributed by atoms with Crippen LogP contribution in [0.25, 0.3) is 11.0 Å². The van der Waals surface area contributed by atoms with Gasteiger partial charge < -0.3 is 9.97 Å². The van der Waals surface area contributed by atoms with Crippen LogP contribution in [0.1, 0.15) is 34.3 Å². The number of aromatic nitrogens is 2. The number of Topliss-reactive ketones (excluding diaryl/α,β-unsaturated/α-hetero) is 1. The lowest BCUT2D eigenvalue weighted by Crippen LogP contribution is -2.40. The van der Waals surface area contributed by atoms with Gasteiger partial charge in [-0.1, -0.05) is 17.7 Å². The number of imidazole rings is 1. The fourth-order valence-corrected chi connectivity index (χ4v) is 5.46. The molecule has 1 atom stereocenters. The Balaban J connectivity index is 1.72. The van der Waals surface area contributed by atoms with Gasteiger partial charge in [0.25, 0.3) is 0 Å². The molecule has 1 fully saturated rings. The Morgan fingerprint density at radius 3 is 2.61 bits per heavy atom. The molecule has 2 heterocycles. The van der Waals surface area contributed by atoms with Crippen LogP contribution in [0.2, 0.25) is 0 Å². The molecular formula is C20H21N3O4S. The van der Waals surface area contributed by atoms with E-state index < -0.39 is 21.8 Å². The fraction of sp³-hybridized carbons (Fsp3) is 0.300. The molecule has 8 heteroatoms. The minimum atomic E-state index is -3.87. The average Bonchev–Trinajstić information content (AvgIpc) is 3.28. The second-order valence-electron chi connectivity index (χ2n) is 7.24. The van der Waals surface area contributed by atoms with Gasteiger partial charge in [-0.2, -0.15) is 4.31 Å². The summed E-state index contributed by atoms with van der Waals surface area (Å²) >= 11 is 0. The largest absolute Gasteiger partial charge is 0.323 e. The highest BCUT2D eigenvalue weighted by molar-refractivity contribution is 7.89. The first kappa shape index (κ1) is 18.6. The molecule has 7 nitrogen and oxygen atoms in total. The molecule has 0 saturated carbocycles. The average molecular weight is 399 g/mol. The third kappa shape index (κ3) is 3.08. The molecular weight excluding hydrogens is 378 g/mol. The van der Waals surface area contributed by atoms with Crippen LogP contribution < -0.4 is 5.69 Å². The number of aromatic amines is 2. The number of sulfonamides is 1. The van der Waals surface area contributed by atoms with E-state index in [1.807, 2.05) is 32.0 Å². The summed E-state index contributed by atoms with van der Waals surface area (Å²) in [4.78, 5) is 29.8. The number of ketones is 1.